The smallest absolute Gasteiger partial charge is 0.162 e. The van der Waals surface area contributed by atoms with Crippen LogP contribution in [0.2, 0.25) is 10.0 Å². The van der Waals surface area contributed by atoms with E-state index >= 15 is 0 Å². The maximum absolute atomic E-state index is 12.0. The predicted octanol–water partition coefficient (Wildman–Crippen LogP) is 4.53. The number of carbonyl (C=O) groups is 1. The first-order valence-corrected chi connectivity index (χ1v) is 7.01. The summed E-state index contributed by atoms with van der Waals surface area (Å²) in [5, 5.41) is 1.01. The number of Topliss-reactive ketones (excluding diaryl/α,β-unsaturated/α-hetero) is 1. The maximum Gasteiger partial charge on any atom is 0.162 e. The molecule has 0 amide bonds. The molecule has 1 saturated heterocycles. The number of rotatable bonds is 5. The molecule has 1 heterocycles. The van der Waals surface area contributed by atoms with Gasteiger partial charge in [-0.3, -0.25) is 4.79 Å². The SMILES string of the molecule is O=C(CCCC1CCCO1)c1cc(Cl)cc(Cl)c1. The Kier molecular flexibility index (Phi) is 5.04. The number of benzene rings is 1. The van der Waals surface area contributed by atoms with Gasteiger partial charge in [0.15, 0.2) is 5.78 Å². The van der Waals surface area contributed by atoms with Crippen LogP contribution in [0, 0.1) is 0 Å². The summed E-state index contributed by atoms with van der Waals surface area (Å²) in [7, 11) is 0. The zero-order valence-corrected chi connectivity index (χ0v) is 11.6. The molecule has 0 aliphatic carbocycles. The first kappa shape index (κ1) is 13.9. The lowest BCUT2D eigenvalue weighted by Gasteiger charge is -2.08. The molecule has 2 nitrogen and oxygen atoms in total. The summed E-state index contributed by atoms with van der Waals surface area (Å²) in [6.45, 7) is 0.864. The molecular formula is C14H16Cl2O2. The van der Waals surface area contributed by atoms with Crippen molar-refractivity contribution in [2.75, 3.05) is 6.61 Å². The summed E-state index contributed by atoms with van der Waals surface area (Å²) in [6, 6.07) is 4.97. The maximum atomic E-state index is 12.0. The van der Waals surface area contributed by atoms with Crippen LogP contribution >= 0.6 is 23.2 Å². The van der Waals surface area contributed by atoms with E-state index in [9.17, 15) is 4.79 Å². The van der Waals surface area contributed by atoms with Gasteiger partial charge in [0.05, 0.1) is 6.10 Å². The minimum absolute atomic E-state index is 0.0948. The predicted molar refractivity (Wildman–Crippen MR) is 73.6 cm³/mol. The second-order valence-corrected chi connectivity index (χ2v) is 5.48. The summed E-state index contributed by atoms with van der Waals surface area (Å²) in [5.74, 6) is 0.0948. The van der Waals surface area contributed by atoms with Crippen LogP contribution in [-0.4, -0.2) is 18.5 Å². The van der Waals surface area contributed by atoms with Gasteiger partial charge < -0.3 is 4.74 Å². The van der Waals surface area contributed by atoms with Crippen LogP contribution < -0.4 is 0 Å². The number of halogens is 2. The minimum Gasteiger partial charge on any atom is -0.378 e. The van der Waals surface area contributed by atoms with Gasteiger partial charge in [-0.1, -0.05) is 23.2 Å². The highest BCUT2D eigenvalue weighted by Crippen LogP contribution is 2.22. The van der Waals surface area contributed by atoms with Crippen LogP contribution in [0.3, 0.4) is 0 Å². The Labute approximate surface area is 117 Å². The molecule has 1 fully saturated rings. The van der Waals surface area contributed by atoms with Crippen LogP contribution in [0.15, 0.2) is 18.2 Å². The lowest BCUT2D eigenvalue weighted by atomic mass is 10.0. The average molecular weight is 287 g/mol. The molecule has 0 aromatic heterocycles. The molecule has 0 radical (unpaired) electrons. The monoisotopic (exact) mass is 286 g/mol. The Balaban J connectivity index is 1.83. The summed E-state index contributed by atoms with van der Waals surface area (Å²) < 4.78 is 5.53. The highest BCUT2D eigenvalue weighted by Gasteiger charge is 2.16. The summed E-state index contributed by atoms with van der Waals surface area (Å²) in [5.41, 5.74) is 0.597. The van der Waals surface area contributed by atoms with Crippen molar-refractivity contribution < 1.29 is 9.53 Å². The second kappa shape index (κ2) is 6.55. The van der Waals surface area contributed by atoms with Crippen LogP contribution in [0.25, 0.3) is 0 Å². The van der Waals surface area contributed by atoms with Crippen molar-refractivity contribution >= 4 is 29.0 Å². The molecule has 1 aliphatic heterocycles. The molecule has 0 saturated carbocycles. The summed E-state index contributed by atoms with van der Waals surface area (Å²) in [6.07, 6.45) is 4.95. The van der Waals surface area contributed by atoms with E-state index in [0.717, 1.165) is 32.3 Å². The van der Waals surface area contributed by atoms with Gasteiger partial charge >= 0.3 is 0 Å². The van der Waals surface area contributed by atoms with Gasteiger partial charge in [-0.15, -0.1) is 0 Å². The molecule has 1 aromatic rings. The van der Waals surface area contributed by atoms with E-state index in [0.29, 0.717) is 28.1 Å². The number of ether oxygens (including phenoxy) is 1. The lowest BCUT2D eigenvalue weighted by molar-refractivity contribution is 0.0923. The molecule has 2 rings (SSSR count). The highest BCUT2D eigenvalue weighted by atomic mass is 35.5. The third kappa shape index (κ3) is 3.98. The van der Waals surface area contributed by atoms with Crippen molar-refractivity contribution in [3.05, 3.63) is 33.8 Å². The fourth-order valence-corrected chi connectivity index (χ4v) is 2.75. The quantitative estimate of drug-likeness (QED) is 0.744. The van der Waals surface area contributed by atoms with Crippen LogP contribution in [0.5, 0.6) is 0 Å². The fraction of sp³-hybridized carbons (Fsp3) is 0.500. The Morgan fingerprint density at radius 1 is 1.28 bits per heavy atom. The molecule has 0 spiro atoms. The molecule has 4 heteroatoms. The molecule has 0 N–H and O–H groups in total. The molecule has 18 heavy (non-hydrogen) atoms. The van der Waals surface area contributed by atoms with E-state index in [1.165, 1.54) is 0 Å². The minimum atomic E-state index is 0.0948. The van der Waals surface area contributed by atoms with E-state index < -0.39 is 0 Å². The van der Waals surface area contributed by atoms with E-state index in [-0.39, 0.29) is 5.78 Å². The van der Waals surface area contributed by atoms with Gasteiger partial charge in [-0.25, -0.2) is 0 Å². The van der Waals surface area contributed by atoms with Gasteiger partial charge in [-0.05, 0) is 43.9 Å². The van der Waals surface area contributed by atoms with E-state index in [1.807, 2.05) is 0 Å². The van der Waals surface area contributed by atoms with Crippen LogP contribution in [0.4, 0.5) is 0 Å². The molecule has 0 bridgehead atoms. The first-order valence-electron chi connectivity index (χ1n) is 6.26. The average Bonchev–Trinajstić information content (AvgIpc) is 2.80. The summed E-state index contributed by atoms with van der Waals surface area (Å²) in [4.78, 5) is 12.0. The topological polar surface area (TPSA) is 26.3 Å². The summed E-state index contributed by atoms with van der Waals surface area (Å²) >= 11 is 11.8. The number of carbonyl (C=O) groups excluding carboxylic acids is 1. The van der Waals surface area contributed by atoms with Crippen molar-refractivity contribution in [3.63, 3.8) is 0 Å². The molecule has 98 valence electrons. The van der Waals surface area contributed by atoms with Gasteiger partial charge in [0.25, 0.3) is 0 Å². The third-order valence-electron chi connectivity index (χ3n) is 3.14. The lowest BCUT2D eigenvalue weighted by Crippen LogP contribution is -2.06. The Morgan fingerprint density at radius 2 is 2.00 bits per heavy atom. The van der Waals surface area contributed by atoms with Crippen molar-refractivity contribution in [3.8, 4) is 0 Å². The molecule has 1 aromatic carbocycles. The zero-order valence-electron chi connectivity index (χ0n) is 10.1. The number of hydrogen-bond acceptors (Lipinski definition) is 2. The number of ketones is 1. The first-order chi connectivity index (χ1) is 8.65. The zero-order chi connectivity index (χ0) is 13.0. The largest absolute Gasteiger partial charge is 0.378 e. The van der Waals surface area contributed by atoms with Crippen molar-refractivity contribution in [1.29, 1.82) is 0 Å². The van der Waals surface area contributed by atoms with Crippen molar-refractivity contribution in [1.82, 2.24) is 0 Å². The Morgan fingerprint density at radius 3 is 2.61 bits per heavy atom. The fourth-order valence-electron chi connectivity index (χ4n) is 2.22. The van der Waals surface area contributed by atoms with Crippen LogP contribution in [-0.2, 0) is 4.74 Å². The van der Waals surface area contributed by atoms with Crippen LogP contribution in [0.1, 0.15) is 42.5 Å². The van der Waals surface area contributed by atoms with E-state index in [1.54, 1.807) is 18.2 Å². The molecular weight excluding hydrogens is 271 g/mol. The Hall–Kier alpha value is -0.570. The van der Waals surface area contributed by atoms with Gasteiger partial charge in [0, 0.05) is 28.6 Å². The van der Waals surface area contributed by atoms with E-state index in [2.05, 4.69) is 0 Å². The van der Waals surface area contributed by atoms with Crippen molar-refractivity contribution in [2.24, 2.45) is 0 Å². The third-order valence-corrected chi connectivity index (χ3v) is 3.57. The molecule has 1 atom stereocenters. The standard InChI is InChI=1S/C14H16Cl2O2/c15-11-7-10(8-12(16)9-11)14(17)5-1-3-13-4-2-6-18-13/h7-9,13H,1-6H2. The molecule has 1 aliphatic rings. The Bertz CT molecular complexity index is 406. The highest BCUT2D eigenvalue weighted by molar-refractivity contribution is 6.35. The van der Waals surface area contributed by atoms with Gasteiger partial charge in [-0.2, -0.15) is 0 Å². The van der Waals surface area contributed by atoms with Gasteiger partial charge in [0.2, 0.25) is 0 Å². The number of hydrogen-bond donors (Lipinski definition) is 0. The molecule has 1 unspecified atom stereocenters. The van der Waals surface area contributed by atoms with Crippen molar-refractivity contribution in [2.45, 2.75) is 38.2 Å². The normalized spacial score (nSPS) is 19.1. The van der Waals surface area contributed by atoms with E-state index in [4.69, 9.17) is 27.9 Å². The second-order valence-electron chi connectivity index (χ2n) is 4.61. The van der Waals surface area contributed by atoms with Gasteiger partial charge in [0.1, 0.15) is 0 Å².